The number of nitrogens with one attached hydrogen (secondary N) is 1. The zero-order valence-corrected chi connectivity index (χ0v) is 9.01. The number of halogens is 1. The Balaban J connectivity index is 1.98. The SMILES string of the molecule is CN1CCC(CF)C1C1CCCNC1. The van der Waals surface area contributed by atoms with Crippen LogP contribution in [0.3, 0.4) is 0 Å². The van der Waals surface area contributed by atoms with Crippen molar-refractivity contribution < 1.29 is 4.39 Å². The second kappa shape index (κ2) is 4.58. The van der Waals surface area contributed by atoms with Gasteiger partial charge in [0.1, 0.15) is 0 Å². The molecule has 0 saturated carbocycles. The lowest BCUT2D eigenvalue weighted by Crippen LogP contribution is -2.44. The number of alkyl halides is 1. The summed E-state index contributed by atoms with van der Waals surface area (Å²) in [4.78, 5) is 2.36. The van der Waals surface area contributed by atoms with E-state index in [9.17, 15) is 4.39 Å². The molecule has 0 bridgehead atoms. The van der Waals surface area contributed by atoms with E-state index in [2.05, 4.69) is 17.3 Å². The van der Waals surface area contributed by atoms with Gasteiger partial charge < -0.3 is 10.2 Å². The third-order valence-corrected chi connectivity index (χ3v) is 3.86. The highest BCUT2D eigenvalue weighted by molar-refractivity contribution is 4.91. The second-order valence-electron chi connectivity index (χ2n) is 4.78. The fourth-order valence-corrected chi connectivity index (χ4v) is 3.13. The number of hydrogen-bond acceptors (Lipinski definition) is 2. The predicted octanol–water partition coefficient (Wildman–Crippen LogP) is 1.28. The van der Waals surface area contributed by atoms with Gasteiger partial charge in [-0.1, -0.05) is 0 Å². The minimum atomic E-state index is -0.133. The molecule has 0 radical (unpaired) electrons. The summed E-state index contributed by atoms with van der Waals surface area (Å²) in [5.74, 6) is 0.974. The largest absolute Gasteiger partial charge is 0.316 e. The second-order valence-corrected chi connectivity index (χ2v) is 4.78. The molecule has 1 N–H and O–H groups in total. The molecule has 0 amide bonds. The molecule has 2 heterocycles. The highest BCUT2D eigenvalue weighted by Gasteiger charge is 2.37. The Hall–Kier alpha value is -0.150. The Kier molecular flexibility index (Phi) is 3.39. The van der Waals surface area contributed by atoms with Crippen molar-refractivity contribution in [1.82, 2.24) is 10.2 Å². The summed E-state index contributed by atoms with van der Waals surface area (Å²) in [7, 11) is 2.15. The van der Waals surface area contributed by atoms with Crippen molar-refractivity contribution in [3.63, 3.8) is 0 Å². The molecular formula is C11H21FN2. The van der Waals surface area contributed by atoms with Crippen LogP contribution in [0, 0.1) is 11.8 Å². The molecule has 0 aromatic rings. The Bertz CT molecular complexity index is 180. The zero-order valence-electron chi connectivity index (χ0n) is 9.01. The first-order chi connectivity index (χ1) is 6.83. The molecule has 3 atom stereocenters. The molecule has 0 spiro atoms. The van der Waals surface area contributed by atoms with Gasteiger partial charge in [0.2, 0.25) is 0 Å². The fourth-order valence-electron chi connectivity index (χ4n) is 3.13. The molecule has 2 rings (SSSR count). The summed E-state index contributed by atoms with van der Waals surface area (Å²) in [6.07, 6.45) is 3.58. The summed E-state index contributed by atoms with van der Waals surface area (Å²) < 4.78 is 12.8. The maximum atomic E-state index is 12.8. The molecule has 0 aromatic heterocycles. The van der Waals surface area contributed by atoms with Crippen molar-refractivity contribution in [2.24, 2.45) is 11.8 Å². The average Bonchev–Trinajstić information content (AvgIpc) is 2.61. The maximum Gasteiger partial charge on any atom is 0.0938 e. The lowest BCUT2D eigenvalue weighted by molar-refractivity contribution is 0.148. The van der Waals surface area contributed by atoms with Crippen LogP contribution in [0.5, 0.6) is 0 Å². The summed E-state index contributed by atoms with van der Waals surface area (Å²) in [5, 5.41) is 3.43. The van der Waals surface area contributed by atoms with Crippen molar-refractivity contribution >= 4 is 0 Å². The molecule has 2 aliphatic rings. The molecule has 3 unspecified atom stereocenters. The number of piperidine rings is 1. The highest BCUT2D eigenvalue weighted by Crippen LogP contribution is 2.31. The van der Waals surface area contributed by atoms with Gasteiger partial charge in [0.15, 0.2) is 0 Å². The quantitative estimate of drug-likeness (QED) is 0.722. The van der Waals surface area contributed by atoms with E-state index in [1.54, 1.807) is 0 Å². The van der Waals surface area contributed by atoms with Crippen LogP contribution >= 0.6 is 0 Å². The first-order valence-electron chi connectivity index (χ1n) is 5.80. The summed E-state index contributed by atoms with van der Waals surface area (Å²) in [6.45, 7) is 3.18. The van der Waals surface area contributed by atoms with E-state index in [-0.39, 0.29) is 6.67 Å². The molecule has 3 heteroatoms. The van der Waals surface area contributed by atoms with Crippen LogP contribution in [0.25, 0.3) is 0 Å². The lowest BCUT2D eigenvalue weighted by atomic mass is 9.85. The Morgan fingerprint density at radius 1 is 1.43 bits per heavy atom. The van der Waals surface area contributed by atoms with E-state index in [4.69, 9.17) is 0 Å². The minimum Gasteiger partial charge on any atom is -0.316 e. The van der Waals surface area contributed by atoms with E-state index in [0.29, 0.717) is 17.9 Å². The first-order valence-corrected chi connectivity index (χ1v) is 5.80. The van der Waals surface area contributed by atoms with Gasteiger partial charge in [0, 0.05) is 12.0 Å². The van der Waals surface area contributed by atoms with Gasteiger partial charge in [-0.05, 0) is 51.9 Å². The van der Waals surface area contributed by atoms with Crippen LogP contribution in [0.15, 0.2) is 0 Å². The monoisotopic (exact) mass is 200 g/mol. The molecule has 82 valence electrons. The lowest BCUT2D eigenvalue weighted by Gasteiger charge is -2.35. The third-order valence-electron chi connectivity index (χ3n) is 3.86. The van der Waals surface area contributed by atoms with Crippen LogP contribution in [-0.4, -0.2) is 44.3 Å². The molecule has 0 aliphatic carbocycles. The average molecular weight is 200 g/mol. The zero-order chi connectivity index (χ0) is 9.97. The minimum absolute atomic E-state index is 0.133. The van der Waals surface area contributed by atoms with E-state index in [0.717, 1.165) is 26.1 Å². The summed E-state index contributed by atoms with van der Waals surface area (Å²) in [6, 6.07) is 0.493. The van der Waals surface area contributed by atoms with E-state index in [1.807, 2.05) is 0 Å². The number of likely N-dealkylation sites (tertiary alicyclic amines) is 1. The molecule has 0 aromatic carbocycles. The number of rotatable bonds is 2. The summed E-state index contributed by atoms with van der Waals surface area (Å²) >= 11 is 0. The van der Waals surface area contributed by atoms with Crippen LogP contribution < -0.4 is 5.32 Å². The van der Waals surface area contributed by atoms with Gasteiger partial charge in [-0.3, -0.25) is 4.39 Å². The molecule has 14 heavy (non-hydrogen) atoms. The van der Waals surface area contributed by atoms with Crippen LogP contribution in [0.1, 0.15) is 19.3 Å². The smallest absolute Gasteiger partial charge is 0.0938 e. The number of nitrogens with zero attached hydrogens (tertiary/aromatic N) is 1. The van der Waals surface area contributed by atoms with Crippen molar-refractivity contribution in [3.8, 4) is 0 Å². The number of hydrogen-bond donors (Lipinski definition) is 1. The van der Waals surface area contributed by atoms with Crippen LogP contribution in [-0.2, 0) is 0 Å². The van der Waals surface area contributed by atoms with Crippen LogP contribution in [0.4, 0.5) is 4.39 Å². The van der Waals surface area contributed by atoms with Gasteiger partial charge >= 0.3 is 0 Å². The van der Waals surface area contributed by atoms with Gasteiger partial charge in [-0.25, -0.2) is 0 Å². The van der Waals surface area contributed by atoms with E-state index < -0.39 is 0 Å². The Morgan fingerprint density at radius 2 is 2.29 bits per heavy atom. The molecule has 2 saturated heterocycles. The Labute approximate surface area is 85.9 Å². The van der Waals surface area contributed by atoms with E-state index in [1.165, 1.54) is 12.8 Å². The maximum absolute atomic E-state index is 12.8. The molecule has 2 aliphatic heterocycles. The summed E-state index contributed by atoms with van der Waals surface area (Å²) in [5.41, 5.74) is 0. The van der Waals surface area contributed by atoms with Gasteiger partial charge in [-0.2, -0.15) is 0 Å². The third kappa shape index (κ3) is 1.94. The topological polar surface area (TPSA) is 15.3 Å². The van der Waals surface area contributed by atoms with Crippen LogP contribution in [0.2, 0.25) is 0 Å². The van der Waals surface area contributed by atoms with Crippen molar-refractivity contribution in [1.29, 1.82) is 0 Å². The normalized spacial score (nSPS) is 40.3. The Morgan fingerprint density at radius 3 is 2.93 bits per heavy atom. The van der Waals surface area contributed by atoms with Crippen molar-refractivity contribution in [3.05, 3.63) is 0 Å². The standard InChI is InChI=1S/C11H21FN2/c1-14-6-4-9(7-12)11(14)10-3-2-5-13-8-10/h9-11,13H,2-8H2,1H3. The molecule has 2 fully saturated rings. The highest BCUT2D eigenvalue weighted by atomic mass is 19.1. The molecule has 2 nitrogen and oxygen atoms in total. The van der Waals surface area contributed by atoms with Gasteiger partial charge in [-0.15, -0.1) is 0 Å². The fraction of sp³-hybridized carbons (Fsp3) is 1.00. The van der Waals surface area contributed by atoms with E-state index >= 15 is 0 Å². The van der Waals surface area contributed by atoms with Gasteiger partial charge in [0.05, 0.1) is 6.67 Å². The first kappa shape index (κ1) is 10.4. The van der Waals surface area contributed by atoms with Gasteiger partial charge in [0.25, 0.3) is 0 Å². The van der Waals surface area contributed by atoms with Crippen molar-refractivity contribution in [2.75, 3.05) is 33.4 Å². The predicted molar refractivity (Wildman–Crippen MR) is 56.1 cm³/mol. The molecular weight excluding hydrogens is 179 g/mol. The van der Waals surface area contributed by atoms with Crippen molar-refractivity contribution in [2.45, 2.75) is 25.3 Å².